The van der Waals surface area contributed by atoms with E-state index in [1.165, 1.54) is 5.56 Å². The van der Waals surface area contributed by atoms with Crippen LogP contribution in [0.15, 0.2) is 24.3 Å². The van der Waals surface area contributed by atoms with Gasteiger partial charge < -0.3 is 15.5 Å². The molecule has 0 bridgehead atoms. The second-order valence-corrected chi connectivity index (χ2v) is 5.95. The summed E-state index contributed by atoms with van der Waals surface area (Å²) in [6.45, 7) is 4.54. The molecule has 0 amide bonds. The van der Waals surface area contributed by atoms with E-state index in [9.17, 15) is 10.2 Å². The minimum absolute atomic E-state index is 0.294. The quantitative estimate of drug-likeness (QED) is 0.709. The summed E-state index contributed by atoms with van der Waals surface area (Å²) >= 11 is 1.65. The summed E-state index contributed by atoms with van der Waals surface area (Å²) in [6.07, 6.45) is 2.88. The standard InChI is InChI=1S/C14H23NO2S/c1-11(15-9-14(2,17)10-18-3)8-12-4-6-13(16)7-5-12/h4-7,11,15-17H,8-10H2,1-3H3. The normalized spacial score (nSPS) is 16.2. The predicted octanol–water partition coefficient (Wildman–Crippen LogP) is 2.03. The van der Waals surface area contributed by atoms with Crippen molar-refractivity contribution in [3.05, 3.63) is 29.8 Å². The number of aromatic hydroxyl groups is 1. The van der Waals surface area contributed by atoms with E-state index in [0.29, 0.717) is 18.3 Å². The second kappa shape index (κ2) is 7.02. The Kier molecular flexibility index (Phi) is 5.99. The number of hydrogen-bond acceptors (Lipinski definition) is 4. The van der Waals surface area contributed by atoms with E-state index in [2.05, 4.69) is 12.2 Å². The number of hydrogen-bond donors (Lipinski definition) is 3. The first-order chi connectivity index (χ1) is 8.43. The first-order valence-corrected chi connectivity index (χ1v) is 7.55. The fourth-order valence-corrected chi connectivity index (χ4v) is 2.54. The molecule has 0 spiro atoms. The fraction of sp³-hybridized carbons (Fsp3) is 0.571. The Labute approximate surface area is 114 Å². The fourth-order valence-electron chi connectivity index (χ4n) is 1.81. The highest BCUT2D eigenvalue weighted by Crippen LogP contribution is 2.12. The lowest BCUT2D eigenvalue weighted by Gasteiger charge is -2.25. The van der Waals surface area contributed by atoms with Gasteiger partial charge in [0, 0.05) is 18.3 Å². The first kappa shape index (κ1) is 15.3. The summed E-state index contributed by atoms with van der Waals surface area (Å²) in [5.41, 5.74) is 0.514. The van der Waals surface area contributed by atoms with Crippen LogP contribution in [0.25, 0.3) is 0 Å². The van der Waals surface area contributed by atoms with E-state index in [4.69, 9.17) is 0 Å². The molecule has 1 rings (SSSR count). The lowest BCUT2D eigenvalue weighted by atomic mass is 10.1. The van der Waals surface area contributed by atoms with Crippen molar-refractivity contribution in [3.8, 4) is 5.75 Å². The average Bonchev–Trinajstić information content (AvgIpc) is 2.30. The van der Waals surface area contributed by atoms with Gasteiger partial charge in [-0.15, -0.1) is 0 Å². The van der Waals surface area contributed by atoms with Crippen molar-refractivity contribution in [1.29, 1.82) is 0 Å². The predicted molar refractivity (Wildman–Crippen MR) is 78.3 cm³/mol. The van der Waals surface area contributed by atoms with Crippen LogP contribution in [0.1, 0.15) is 19.4 Å². The summed E-state index contributed by atoms with van der Waals surface area (Å²) in [4.78, 5) is 0. The molecule has 4 heteroatoms. The lowest BCUT2D eigenvalue weighted by Crippen LogP contribution is -2.43. The molecule has 18 heavy (non-hydrogen) atoms. The molecule has 0 saturated heterocycles. The summed E-state index contributed by atoms with van der Waals surface area (Å²) in [6, 6.07) is 7.54. The number of phenols is 1. The van der Waals surface area contributed by atoms with Crippen molar-refractivity contribution >= 4 is 11.8 Å². The third-order valence-electron chi connectivity index (χ3n) is 2.76. The molecular formula is C14H23NO2S. The molecule has 0 aliphatic heterocycles. The molecule has 0 aliphatic carbocycles. The highest BCUT2D eigenvalue weighted by Gasteiger charge is 2.19. The number of aliphatic hydroxyl groups is 1. The highest BCUT2D eigenvalue weighted by atomic mass is 32.2. The molecule has 0 heterocycles. The zero-order valence-corrected chi connectivity index (χ0v) is 12.1. The second-order valence-electron chi connectivity index (χ2n) is 5.08. The van der Waals surface area contributed by atoms with Crippen molar-refractivity contribution < 1.29 is 10.2 Å². The number of thioether (sulfide) groups is 1. The molecule has 0 fully saturated rings. The van der Waals surface area contributed by atoms with Crippen molar-refractivity contribution in [3.63, 3.8) is 0 Å². The van der Waals surface area contributed by atoms with Gasteiger partial charge in [0.05, 0.1) is 5.60 Å². The molecule has 0 aliphatic rings. The molecule has 1 aromatic rings. The molecule has 102 valence electrons. The maximum Gasteiger partial charge on any atom is 0.115 e. The summed E-state index contributed by atoms with van der Waals surface area (Å²) in [5.74, 6) is 1.02. The van der Waals surface area contributed by atoms with Gasteiger partial charge in [-0.1, -0.05) is 12.1 Å². The smallest absolute Gasteiger partial charge is 0.115 e. The van der Waals surface area contributed by atoms with Gasteiger partial charge >= 0.3 is 0 Å². The maximum atomic E-state index is 10.0. The molecule has 2 atom stereocenters. The third kappa shape index (κ3) is 5.76. The first-order valence-electron chi connectivity index (χ1n) is 6.15. The van der Waals surface area contributed by atoms with Crippen LogP contribution in [0.4, 0.5) is 0 Å². The molecule has 2 unspecified atom stereocenters. The number of rotatable bonds is 7. The number of nitrogens with one attached hydrogen (secondary N) is 1. The average molecular weight is 269 g/mol. The molecule has 0 saturated carbocycles. The van der Waals surface area contributed by atoms with Gasteiger partial charge in [-0.05, 0) is 44.2 Å². The zero-order chi connectivity index (χ0) is 13.6. The van der Waals surface area contributed by atoms with E-state index >= 15 is 0 Å². The summed E-state index contributed by atoms with van der Waals surface area (Å²) in [7, 11) is 0. The van der Waals surface area contributed by atoms with Gasteiger partial charge in [-0.2, -0.15) is 11.8 Å². The van der Waals surface area contributed by atoms with Crippen molar-refractivity contribution in [1.82, 2.24) is 5.32 Å². The lowest BCUT2D eigenvalue weighted by molar-refractivity contribution is 0.0820. The van der Waals surface area contributed by atoms with Crippen molar-refractivity contribution in [2.75, 3.05) is 18.6 Å². The van der Waals surface area contributed by atoms with Crippen LogP contribution in [0.2, 0.25) is 0 Å². The highest BCUT2D eigenvalue weighted by molar-refractivity contribution is 7.98. The Morgan fingerprint density at radius 3 is 2.50 bits per heavy atom. The van der Waals surface area contributed by atoms with Gasteiger partial charge in [0.1, 0.15) is 5.75 Å². The molecule has 0 radical (unpaired) electrons. The topological polar surface area (TPSA) is 52.5 Å². The van der Waals surface area contributed by atoms with Gasteiger partial charge in [-0.25, -0.2) is 0 Å². The SMILES string of the molecule is CSCC(C)(O)CNC(C)Cc1ccc(O)cc1. The maximum absolute atomic E-state index is 10.0. The van der Waals surface area contributed by atoms with Crippen molar-refractivity contribution in [2.24, 2.45) is 0 Å². The van der Waals surface area contributed by atoms with Crippen LogP contribution in [-0.2, 0) is 6.42 Å². The minimum atomic E-state index is -0.664. The minimum Gasteiger partial charge on any atom is -0.508 e. The van der Waals surface area contributed by atoms with Crippen LogP contribution in [0.5, 0.6) is 5.75 Å². The Morgan fingerprint density at radius 1 is 1.33 bits per heavy atom. The molecule has 1 aromatic carbocycles. The molecular weight excluding hydrogens is 246 g/mol. The third-order valence-corrected chi connectivity index (χ3v) is 3.68. The Bertz CT molecular complexity index is 351. The van der Waals surface area contributed by atoms with Crippen LogP contribution in [0.3, 0.4) is 0 Å². The van der Waals surface area contributed by atoms with Crippen LogP contribution < -0.4 is 5.32 Å². The number of benzene rings is 1. The molecule has 3 nitrogen and oxygen atoms in total. The van der Waals surface area contributed by atoms with E-state index in [1.807, 2.05) is 25.3 Å². The number of phenolic OH excluding ortho intramolecular Hbond substituents is 1. The Hall–Kier alpha value is -0.710. The summed E-state index contributed by atoms with van der Waals surface area (Å²) in [5, 5.41) is 22.6. The van der Waals surface area contributed by atoms with E-state index in [-0.39, 0.29) is 0 Å². The largest absolute Gasteiger partial charge is 0.508 e. The van der Waals surface area contributed by atoms with E-state index < -0.39 is 5.60 Å². The van der Waals surface area contributed by atoms with E-state index in [1.54, 1.807) is 23.9 Å². The van der Waals surface area contributed by atoms with E-state index in [0.717, 1.165) is 12.2 Å². The van der Waals surface area contributed by atoms with Crippen LogP contribution in [0, 0.1) is 0 Å². The summed E-state index contributed by atoms with van der Waals surface area (Å²) < 4.78 is 0. The molecule has 0 aromatic heterocycles. The van der Waals surface area contributed by atoms with Crippen molar-refractivity contribution in [2.45, 2.75) is 31.9 Å². The van der Waals surface area contributed by atoms with Gasteiger partial charge in [0.2, 0.25) is 0 Å². The molecule has 3 N–H and O–H groups in total. The van der Waals surface area contributed by atoms with Crippen LogP contribution in [-0.4, -0.2) is 40.4 Å². The van der Waals surface area contributed by atoms with Gasteiger partial charge in [0.25, 0.3) is 0 Å². The Balaban J connectivity index is 2.37. The Morgan fingerprint density at radius 2 is 1.94 bits per heavy atom. The monoisotopic (exact) mass is 269 g/mol. The zero-order valence-electron chi connectivity index (χ0n) is 11.3. The van der Waals surface area contributed by atoms with Crippen LogP contribution >= 0.6 is 11.8 Å². The van der Waals surface area contributed by atoms with Gasteiger partial charge in [-0.3, -0.25) is 0 Å². The van der Waals surface area contributed by atoms with Gasteiger partial charge in [0.15, 0.2) is 0 Å².